The van der Waals surface area contributed by atoms with Gasteiger partial charge in [-0.3, -0.25) is 0 Å². The molecule has 2 rings (SSSR count). The van der Waals surface area contributed by atoms with E-state index in [4.69, 9.17) is 0 Å². The van der Waals surface area contributed by atoms with Crippen LogP contribution in [-0.2, 0) is 9.84 Å². The maximum absolute atomic E-state index is 11.8. The second kappa shape index (κ2) is 6.93. The van der Waals surface area contributed by atoms with Gasteiger partial charge in [-0.15, -0.1) is 0 Å². The van der Waals surface area contributed by atoms with Crippen LogP contribution in [0, 0.1) is 0 Å². The Morgan fingerprint density at radius 2 is 2.05 bits per heavy atom. The summed E-state index contributed by atoms with van der Waals surface area (Å²) in [5.41, 5.74) is 1.20. The Morgan fingerprint density at radius 3 is 2.62 bits per heavy atom. The minimum atomic E-state index is -2.96. The van der Waals surface area contributed by atoms with Crippen molar-refractivity contribution in [1.29, 1.82) is 0 Å². The highest BCUT2D eigenvalue weighted by atomic mass is 32.2. The monoisotopic (exact) mass is 310 g/mol. The van der Waals surface area contributed by atoms with Gasteiger partial charge in [0.1, 0.15) is 0 Å². The molecule has 1 aliphatic heterocycles. The van der Waals surface area contributed by atoms with Gasteiger partial charge in [0.25, 0.3) is 0 Å². The summed E-state index contributed by atoms with van der Waals surface area (Å²) in [5, 5.41) is 5.58. The standard InChI is InChI=1S/C15H22N2O3S/c1-2-12(13-6-4-3-5-7-13)10-16-15(18)17-14-8-9-21(19,20)11-14/h3-7,12,14H,2,8-11H2,1H3,(H2,16,17,18). The van der Waals surface area contributed by atoms with Crippen LogP contribution < -0.4 is 10.6 Å². The third-order valence-electron chi connectivity index (χ3n) is 3.84. The second-order valence-electron chi connectivity index (χ2n) is 5.47. The van der Waals surface area contributed by atoms with Crippen molar-refractivity contribution in [1.82, 2.24) is 10.6 Å². The van der Waals surface area contributed by atoms with Crippen molar-refractivity contribution in [3.8, 4) is 0 Å². The lowest BCUT2D eigenvalue weighted by Gasteiger charge is -2.18. The lowest BCUT2D eigenvalue weighted by molar-refractivity contribution is 0.237. The molecule has 1 heterocycles. The Hall–Kier alpha value is -1.56. The highest BCUT2D eigenvalue weighted by Crippen LogP contribution is 2.18. The van der Waals surface area contributed by atoms with Crippen molar-refractivity contribution in [2.75, 3.05) is 18.1 Å². The number of nitrogens with one attached hydrogen (secondary N) is 2. The lowest BCUT2D eigenvalue weighted by atomic mass is 9.97. The summed E-state index contributed by atoms with van der Waals surface area (Å²) < 4.78 is 22.7. The molecule has 2 unspecified atom stereocenters. The molecule has 1 saturated heterocycles. The predicted molar refractivity (Wildman–Crippen MR) is 83.1 cm³/mol. The van der Waals surface area contributed by atoms with Crippen LogP contribution in [0.5, 0.6) is 0 Å². The number of hydrogen-bond donors (Lipinski definition) is 2. The van der Waals surface area contributed by atoms with E-state index >= 15 is 0 Å². The van der Waals surface area contributed by atoms with Gasteiger partial charge >= 0.3 is 6.03 Å². The minimum Gasteiger partial charge on any atom is -0.338 e. The maximum atomic E-state index is 11.8. The fourth-order valence-corrected chi connectivity index (χ4v) is 4.26. The maximum Gasteiger partial charge on any atom is 0.315 e. The van der Waals surface area contributed by atoms with E-state index in [0.717, 1.165) is 6.42 Å². The van der Waals surface area contributed by atoms with Gasteiger partial charge in [0.15, 0.2) is 9.84 Å². The van der Waals surface area contributed by atoms with E-state index in [1.807, 2.05) is 18.2 Å². The molecule has 1 aromatic carbocycles. The molecule has 116 valence electrons. The molecular weight excluding hydrogens is 288 g/mol. The van der Waals surface area contributed by atoms with Crippen LogP contribution in [0.4, 0.5) is 4.79 Å². The number of urea groups is 1. The first-order valence-electron chi connectivity index (χ1n) is 7.30. The van der Waals surface area contributed by atoms with Crippen LogP contribution in [0.15, 0.2) is 30.3 Å². The summed E-state index contributed by atoms with van der Waals surface area (Å²) in [4.78, 5) is 11.8. The number of rotatable bonds is 5. The zero-order valence-corrected chi connectivity index (χ0v) is 13.0. The van der Waals surface area contributed by atoms with Crippen molar-refractivity contribution in [2.45, 2.75) is 31.7 Å². The van der Waals surface area contributed by atoms with E-state index in [1.54, 1.807) is 0 Å². The van der Waals surface area contributed by atoms with Crippen LogP contribution in [0.1, 0.15) is 31.2 Å². The van der Waals surface area contributed by atoms with Crippen molar-refractivity contribution < 1.29 is 13.2 Å². The van der Waals surface area contributed by atoms with E-state index in [1.165, 1.54) is 5.56 Å². The Labute approximate surface area is 126 Å². The molecule has 6 heteroatoms. The molecule has 0 bridgehead atoms. The molecule has 2 N–H and O–H groups in total. The smallest absolute Gasteiger partial charge is 0.315 e. The number of sulfone groups is 1. The summed E-state index contributed by atoms with van der Waals surface area (Å²) in [6.45, 7) is 2.63. The normalized spacial score (nSPS) is 21.7. The summed E-state index contributed by atoms with van der Waals surface area (Å²) >= 11 is 0. The minimum absolute atomic E-state index is 0.0519. The quantitative estimate of drug-likeness (QED) is 0.868. The van der Waals surface area contributed by atoms with E-state index in [0.29, 0.717) is 13.0 Å². The first kappa shape index (κ1) is 15.8. The third kappa shape index (κ3) is 4.74. The van der Waals surface area contributed by atoms with Gasteiger partial charge in [0.05, 0.1) is 11.5 Å². The summed E-state index contributed by atoms with van der Waals surface area (Å²) in [7, 11) is -2.96. The summed E-state index contributed by atoms with van der Waals surface area (Å²) in [6.07, 6.45) is 1.44. The number of benzene rings is 1. The number of carbonyl (C=O) groups excluding carboxylic acids is 1. The van der Waals surface area contributed by atoms with E-state index in [-0.39, 0.29) is 29.5 Å². The first-order chi connectivity index (χ1) is 10.00. The third-order valence-corrected chi connectivity index (χ3v) is 5.61. The molecular formula is C15H22N2O3S. The van der Waals surface area contributed by atoms with Gasteiger partial charge in [-0.2, -0.15) is 0 Å². The molecule has 1 aliphatic rings. The zero-order valence-electron chi connectivity index (χ0n) is 12.2. The van der Waals surface area contributed by atoms with E-state index in [9.17, 15) is 13.2 Å². The number of hydrogen-bond acceptors (Lipinski definition) is 3. The van der Waals surface area contributed by atoms with Crippen molar-refractivity contribution in [2.24, 2.45) is 0 Å². The van der Waals surface area contributed by atoms with Crippen LogP contribution in [0.25, 0.3) is 0 Å². The number of carbonyl (C=O) groups is 1. The fourth-order valence-electron chi connectivity index (χ4n) is 2.58. The molecule has 0 aliphatic carbocycles. The molecule has 21 heavy (non-hydrogen) atoms. The van der Waals surface area contributed by atoms with Gasteiger partial charge in [0.2, 0.25) is 0 Å². The molecule has 0 aromatic heterocycles. The summed E-state index contributed by atoms with van der Waals surface area (Å²) in [6, 6.07) is 9.51. The lowest BCUT2D eigenvalue weighted by Crippen LogP contribution is -2.43. The predicted octanol–water partition coefficient (Wildman–Crippen LogP) is 1.67. The van der Waals surface area contributed by atoms with Gasteiger partial charge in [-0.1, -0.05) is 37.3 Å². The molecule has 0 saturated carbocycles. The summed E-state index contributed by atoms with van der Waals surface area (Å²) in [5.74, 6) is 0.486. The molecule has 0 spiro atoms. The Balaban J connectivity index is 1.80. The molecule has 0 radical (unpaired) electrons. The van der Waals surface area contributed by atoms with Crippen LogP contribution >= 0.6 is 0 Å². The highest BCUT2D eigenvalue weighted by molar-refractivity contribution is 7.91. The van der Waals surface area contributed by atoms with Crippen LogP contribution in [-0.4, -0.2) is 38.5 Å². The Morgan fingerprint density at radius 1 is 1.33 bits per heavy atom. The van der Waals surface area contributed by atoms with Gasteiger partial charge in [-0.25, -0.2) is 13.2 Å². The molecule has 1 fully saturated rings. The van der Waals surface area contributed by atoms with Gasteiger partial charge in [-0.05, 0) is 18.4 Å². The zero-order chi connectivity index (χ0) is 15.3. The van der Waals surface area contributed by atoms with Gasteiger partial charge in [0, 0.05) is 18.5 Å². The SMILES string of the molecule is CCC(CNC(=O)NC1CCS(=O)(=O)C1)c1ccccc1. The van der Waals surface area contributed by atoms with E-state index < -0.39 is 9.84 Å². The molecule has 2 atom stereocenters. The van der Waals surface area contributed by atoms with Crippen LogP contribution in [0.3, 0.4) is 0 Å². The van der Waals surface area contributed by atoms with E-state index in [2.05, 4.69) is 29.7 Å². The Bertz CT molecular complexity index is 572. The average Bonchev–Trinajstić information content (AvgIpc) is 2.79. The molecule has 5 nitrogen and oxygen atoms in total. The fraction of sp³-hybridized carbons (Fsp3) is 0.533. The largest absolute Gasteiger partial charge is 0.338 e. The Kier molecular flexibility index (Phi) is 5.22. The highest BCUT2D eigenvalue weighted by Gasteiger charge is 2.28. The van der Waals surface area contributed by atoms with Crippen molar-refractivity contribution in [3.05, 3.63) is 35.9 Å². The van der Waals surface area contributed by atoms with Crippen LogP contribution in [0.2, 0.25) is 0 Å². The first-order valence-corrected chi connectivity index (χ1v) is 9.12. The second-order valence-corrected chi connectivity index (χ2v) is 7.70. The van der Waals surface area contributed by atoms with Gasteiger partial charge < -0.3 is 10.6 Å². The van der Waals surface area contributed by atoms with Crippen molar-refractivity contribution in [3.63, 3.8) is 0 Å². The number of amides is 2. The van der Waals surface area contributed by atoms with Crippen molar-refractivity contribution >= 4 is 15.9 Å². The average molecular weight is 310 g/mol. The molecule has 1 aromatic rings. The molecule has 2 amide bonds. The topological polar surface area (TPSA) is 75.3 Å².